The third-order valence-electron chi connectivity index (χ3n) is 4.31. The van der Waals surface area contributed by atoms with Crippen molar-refractivity contribution in [1.29, 1.82) is 0 Å². The Bertz CT molecular complexity index is 769. The Kier molecular flexibility index (Phi) is 6.14. The second kappa shape index (κ2) is 7.84. The van der Waals surface area contributed by atoms with E-state index in [2.05, 4.69) is 10.6 Å². The molecule has 1 aliphatic rings. The number of rotatable bonds is 7. The van der Waals surface area contributed by atoms with Crippen molar-refractivity contribution in [1.82, 2.24) is 5.32 Å². The third-order valence-corrected chi connectivity index (χ3v) is 5.00. The molecule has 0 heterocycles. The van der Waals surface area contributed by atoms with E-state index in [0.29, 0.717) is 23.4 Å². The minimum Gasteiger partial charge on any atom is -0.441 e. The molecule has 0 saturated heterocycles. The zero-order valence-electron chi connectivity index (χ0n) is 16.4. The maximum atomic E-state index is 12.0. The van der Waals surface area contributed by atoms with Crippen molar-refractivity contribution >= 4 is 28.3 Å². The van der Waals surface area contributed by atoms with Gasteiger partial charge in [-0.2, -0.15) is 0 Å². The predicted octanol–water partition coefficient (Wildman–Crippen LogP) is 3.25. The zero-order valence-corrected chi connectivity index (χ0v) is 17.2. The standard InChI is InChI=1S/C18H27N3O5S/c1-12-13(10-27(5)25)14(6-7-15(12)21(23)24)19-11-18(8-9-18)26-16(22)20-17(2,3)4/h6-7,19H,8-11H2,1-5H3,(H,20,22). The Morgan fingerprint density at radius 1 is 1.37 bits per heavy atom. The lowest BCUT2D eigenvalue weighted by atomic mass is 10.1. The van der Waals surface area contributed by atoms with Crippen LogP contribution in [0.1, 0.15) is 44.7 Å². The molecule has 1 amide bonds. The molecule has 1 fully saturated rings. The number of hydrogen-bond donors (Lipinski definition) is 2. The van der Waals surface area contributed by atoms with Crippen LogP contribution in [0.5, 0.6) is 0 Å². The van der Waals surface area contributed by atoms with Crippen molar-refractivity contribution in [3.8, 4) is 0 Å². The molecule has 1 atom stereocenters. The summed E-state index contributed by atoms with van der Waals surface area (Å²) in [5, 5.41) is 17.2. The first-order chi connectivity index (χ1) is 12.4. The number of carbonyl (C=O) groups is 1. The quantitative estimate of drug-likeness (QED) is 0.540. The number of anilines is 1. The highest BCUT2D eigenvalue weighted by Crippen LogP contribution is 2.40. The summed E-state index contributed by atoms with van der Waals surface area (Å²) in [6.07, 6.45) is 2.60. The van der Waals surface area contributed by atoms with Gasteiger partial charge in [-0.05, 0) is 52.2 Å². The van der Waals surface area contributed by atoms with Gasteiger partial charge in [0, 0.05) is 39.9 Å². The van der Waals surface area contributed by atoms with E-state index in [0.717, 1.165) is 12.8 Å². The van der Waals surface area contributed by atoms with Crippen LogP contribution in [0, 0.1) is 17.0 Å². The van der Waals surface area contributed by atoms with E-state index in [9.17, 15) is 19.1 Å². The fraction of sp³-hybridized carbons (Fsp3) is 0.611. The molecule has 9 heteroatoms. The number of ether oxygens (including phenoxy) is 1. The molecule has 0 spiro atoms. The highest BCUT2D eigenvalue weighted by atomic mass is 32.2. The van der Waals surface area contributed by atoms with E-state index in [1.807, 2.05) is 20.8 Å². The summed E-state index contributed by atoms with van der Waals surface area (Å²) in [7, 11) is -1.15. The molecule has 1 aromatic rings. The fourth-order valence-electron chi connectivity index (χ4n) is 2.74. The lowest BCUT2D eigenvalue weighted by molar-refractivity contribution is -0.385. The molecule has 1 aliphatic carbocycles. The SMILES string of the molecule is Cc1c([N+](=O)[O-])ccc(NCC2(OC(=O)NC(C)(C)C)CC2)c1CS(C)=O. The average Bonchev–Trinajstić information content (AvgIpc) is 3.24. The Morgan fingerprint density at radius 3 is 2.48 bits per heavy atom. The molecule has 2 rings (SSSR count). The maximum absolute atomic E-state index is 12.0. The number of amides is 1. The van der Waals surface area contributed by atoms with E-state index in [-0.39, 0.29) is 17.0 Å². The lowest BCUT2D eigenvalue weighted by Gasteiger charge is -2.24. The molecule has 8 nitrogen and oxygen atoms in total. The molecule has 0 aliphatic heterocycles. The smallest absolute Gasteiger partial charge is 0.408 e. The van der Waals surface area contributed by atoms with E-state index in [1.54, 1.807) is 19.2 Å². The number of carbonyl (C=O) groups excluding carboxylic acids is 1. The number of nitro groups is 1. The van der Waals surface area contributed by atoms with E-state index < -0.39 is 27.4 Å². The van der Waals surface area contributed by atoms with Gasteiger partial charge in [0.2, 0.25) is 0 Å². The molecule has 150 valence electrons. The van der Waals surface area contributed by atoms with Gasteiger partial charge < -0.3 is 15.4 Å². The second-order valence-electron chi connectivity index (χ2n) is 8.01. The van der Waals surface area contributed by atoms with Crippen molar-refractivity contribution in [2.24, 2.45) is 0 Å². The first-order valence-electron chi connectivity index (χ1n) is 8.74. The molecule has 1 saturated carbocycles. The molecule has 2 N–H and O–H groups in total. The van der Waals surface area contributed by atoms with Crippen LogP contribution in [-0.4, -0.2) is 39.2 Å². The van der Waals surface area contributed by atoms with Crippen molar-refractivity contribution in [2.75, 3.05) is 18.1 Å². The van der Waals surface area contributed by atoms with Gasteiger partial charge in [-0.15, -0.1) is 0 Å². The van der Waals surface area contributed by atoms with Crippen LogP contribution in [0.3, 0.4) is 0 Å². The van der Waals surface area contributed by atoms with Gasteiger partial charge in [0.05, 0.1) is 17.2 Å². The molecule has 1 unspecified atom stereocenters. The molecule has 27 heavy (non-hydrogen) atoms. The first kappa shape index (κ1) is 21.1. The van der Waals surface area contributed by atoms with E-state index in [4.69, 9.17) is 4.74 Å². The molecule has 0 bridgehead atoms. The summed E-state index contributed by atoms with van der Waals surface area (Å²) in [5.74, 6) is 0.216. The highest BCUT2D eigenvalue weighted by Gasteiger charge is 2.47. The number of hydrogen-bond acceptors (Lipinski definition) is 6. The topological polar surface area (TPSA) is 111 Å². The summed E-state index contributed by atoms with van der Waals surface area (Å²) in [6, 6.07) is 3.06. The monoisotopic (exact) mass is 397 g/mol. The molecule has 0 radical (unpaired) electrons. The minimum absolute atomic E-state index is 0.00272. The molecule has 1 aromatic carbocycles. The Morgan fingerprint density at radius 2 is 2.00 bits per heavy atom. The van der Waals surface area contributed by atoms with Gasteiger partial charge >= 0.3 is 6.09 Å². The summed E-state index contributed by atoms with van der Waals surface area (Å²) in [6.45, 7) is 7.69. The van der Waals surface area contributed by atoms with Crippen LogP contribution < -0.4 is 10.6 Å². The number of nitrogens with zero attached hydrogens (tertiary/aromatic N) is 1. The highest BCUT2D eigenvalue weighted by molar-refractivity contribution is 7.83. The summed E-state index contributed by atoms with van der Waals surface area (Å²) >= 11 is 0. The Labute approximate surface area is 161 Å². The Balaban J connectivity index is 2.13. The number of nitrogens with one attached hydrogen (secondary N) is 2. The number of alkyl carbamates (subject to hydrolysis) is 1. The largest absolute Gasteiger partial charge is 0.441 e. The molecular weight excluding hydrogens is 370 g/mol. The van der Waals surface area contributed by atoms with Crippen molar-refractivity contribution < 1.29 is 18.7 Å². The van der Waals surface area contributed by atoms with Crippen LogP contribution in [-0.2, 0) is 21.3 Å². The fourth-order valence-corrected chi connectivity index (χ4v) is 3.51. The number of benzene rings is 1. The van der Waals surface area contributed by atoms with Gasteiger partial charge in [-0.25, -0.2) is 4.79 Å². The van der Waals surface area contributed by atoms with Crippen molar-refractivity contribution in [3.05, 3.63) is 33.4 Å². The first-order valence-corrected chi connectivity index (χ1v) is 10.5. The maximum Gasteiger partial charge on any atom is 0.408 e. The van der Waals surface area contributed by atoms with Crippen LogP contribution in [0.2, 0.25) is 0 Å². The van der Waals surface area contributed by atoms with Crippen molar-refractivity contribution in [3.63, 3.8) is 0 Å². The van der Waals surface area contributed by atoms with Gasteiger partial charge in [-0.1, -0.05) is 0 Å². The Hall–Kier alpha value is -2.16. The van der Waals surface area contributed by atoms with Crippen LogP contribution >= 0.6 is 0 Å². The van der Waals surface area contributed by atoms with Crippen LogP contribution in [0.15, 0.2) is 12.1 Å². The zero-order chi connectivity index (χ0) is 20.4. The van der Waals surface area contributed by atoms with Gasteiger partial charge in [0.15, 0.2) is 0 Å². The van der Waals surface area contributed by atoms with Crippen LogP contribution in [0.25, 0.3) is 0 Å². The normalized spacial score (nSPS) is 16.3. The third kappa shape index (κ3) is 5.92. The number of nitro benzene ring substituents is 1. The summed E-state index contributed by atoms with van der Waals surface area (Å²) in [5.41, 5.74) is 0.876. The minimum atomic E-state index is -1.15. The predicted molar refractivity (Wildman–Crippen MR) is 105 cm³/mol. The van der Waals surface area contributed by atoms with Gasteiger partial charge in [0.1, 0.15) is 5.60 Å². The summed E-state index contributed by atoms with van der Waals surface area (Å²) < 4.78 is 17.3. The van der Waals surface area contributed by atoms with Gasteiger partial charge in [-0.3, -0.25) is 14.3 Å². The molecular formula is C18H27N3O5S. The molecule has 0 aromatic heterocycles. The van der Waals surface area contributed by atoms with Crippen LogP contribution in [0.4, 0.5) is 16.2 Å². The van der Waals surface area contributed by atoms with Crippen molar-refractivity contribution in [2.45, 2.75) is 57.4 Å². The second-order valence-corrected chi connectivity index (χ2v) is 9.45. The lowest BCUT2D eigenvalue weighted by Crippen LogP contribution is -2.43. The van der Waals surface area contributed by atoms with Gasteiger partial charge in [0.25, 0.3) is 5.69 Å². The summed E-state index contributed by atoms with van der Waals surface area (Å²) in [4.78, 5) is 22.8. The van der Waals surface area contributed by atoms with E-state index >= 15 is 0 Å². The average molecular weight is 397 g/mol. The van der Waals surface area contributed by atoms with E-state index in [1.165, 1.54) is 6.07 Å².